The van der Waals surface area contributed by atoms with Crippen LogP contribution in [-0.4, -0.2) is 11.6 Å². The molecule has 0 aliphatic carbocycles. The average molecular weight is 457 g/mol. The van der Waals surface area contributed by atoms with E-state index in [1.54, 1.807) is 0 Å². The smallest absolute Gasteiger partial charge is 0.134 e. The molecule has 0 amide bonds. The molecule has 3 nitrogen and oxygen atoms in total. The Bertz CT molecular complexity index is 1220. The quantitative estimate of drug-likeness (QED) is 0.203. The van der Waals surface area contributed by atoms with Gasteiger partial charge in [-0.1, -0.05) is 66.2 Å². The summed E-state index contributed by atoms with van der Waals surface area (Å²) >= 11 is 7.42. The van der Waals surface area contributed by atoms with Gasteiger partial charge in [-0.3, -0.25) is 0 Å². The molecule has 4 aromatic rings. The zero-order valence-electron chi connectivity index (χ0n) is 17.4. The third kappa shape index (κ3) is 5.85. The van der Waals surface area contributed by atoms with E-state index in [0.29, 0.717) is 22.2 Å². The summed E-state index contributed by atoms with van der Waals surface area (Å²) in [6, 6.07) is 28.0. The summed E-state index contributed by atoms with van der Waals surface area (Å²) in [4.78, 5) is 4.63. The van der Waals surface area contributed by atoms with E-state index < -0.39 is 0 Å². The lowest BCUT2D eigenvalue weighted by Crippen LogP contribution is -1.99. The summed E-state index contributed by atoms with van der Waals surface area (Å²) in [6.07, 6.45) is 3.81. The molecule has 0 radical (unpaired) electrons. The van der Waals surface area contributed by atoms with Crippen molar-refractivity contribution in [1.29, 1.82) is 5.26 Å². The van der Waals surface area contributed by atoms with E-state index in [1.807, 2.05) is 66.1 Å². The van der Waals surface area contributed by atoms with Crippen molar-refractivity contribution in [2.24, 2.45) is 0 Å². The number of aromatic nitrogens is 1. The number of hydrogen-bond acceptors (Lipinski definition) is 4. The number of ether oxygens (including phenoxy) is 1. The van der Waals surface area contributed by atoms with Crippen molar-refractivity contribution < 1.29 is 4.74 Å². The van der Waals surface area contributed by atoms with Gasteiger partial charge < -0.3 is 4.74 Å². The van der Waals surface area contributed by atoms with Crippen molar-refractivity contribution in [3.63, 3.8) is 0 Å². The first-order valence-electron chi connectivity index (χ1n) is 10.3. The molecule has 0 bridgehead atoms. The van der Waals surface area contributed by atoms with Gasteiger partial charge in [-0.15, -0.1) is 11.3 Å². The largest absolute Gasteiger partial charge is 0.494 e. The number of nitrogens with zero attached hydrogens (tertiary/aromatic N) is 2. The maximum Gasteiger partial charge on any atom is 0.134 e. The van der Waals surface area contributed by atoms with E-state index in [9.17, 15) is 5.26 Å². The molecule has 1 aromatic heterocycles. The Hall–Kier alpha value is -3.39. The molecule has 0 atom stereocenters. The minimum atomic E-state index is 0.534. The SMILES string of the molecule is N#C/C(=C/c1ccc(OCCCc2ccccc2)cc1)c1nc(-c2ccc(Cl)cc2)cs1. The molecule has 4 rings (SSSR count). The van der Waals surface area contributed by atoms with Crippen LogP contribution in [0.2, 0.25) is 5.02 Å². The third-order valence-corrected chi connectivity index (χ3v) is 6.04. The van der Waals surface area contributed by atoms with Crippen molar-refractivity contribution >= 4 is 34.6 Å². The number of halogens is 1. The summed E-state index contributed by atoms with van der Waals surface area (Å²) in [7, 11) is 0. The van der Waals surface area contributed by atoms with Crippen molar-refractivity contribution in [2.45, 2.75) is 12.8 Å². The van der Waals surface area contributed by atoms with Crippen molar-refractivity contribution in [1.82, 2.24) is 4.98 Å². The molecular formula is C27H21ClN2OS. The zero-order valence-corrected chi connectivity index (χ0v) is 18.9. The molecule has 0 saturated heterocycles. The van der Waals surface area contributed by atoms with Gasteiger partial charge in [-0.05, 0) is 54.3 Å². The van der Waals surface area contributed by atoms with E-state index >= 15 is 0 Å². The second-order valence-corrected chi connectivity index (χ2v) is 8.52. The van der Waals surface area contributed by atoms with E-state index in [1.165, 1.54) is 16.9 Å². The number of benzene rings is 3. The molecule has 0 aliphatic heterocycles. The summed E-state index contributed by atoms with van der Waals surface area (Å²) in [5, 5.41) is 13.0. The number of allylic oxidation sites excluding steroid dienone is 1. The molecule has 158 valence electrons. The number of rotatable bonds is 8. The Balaban J connectivity index is 1.37. The highest BCUT2D eigenvalue weighted by atomic mass is 35.5. The fourth-order valence-corrected chi connectivity index (χ4v) is 4.15. The van der Waals surface area contributed by atoms with E-state index in [4.69, 9.17) is 16.3 Å². The normalized spacial score (nSPS) is 11.2. The van der Waals surface area contributed by atoms with Crippen LogP contribution in [0, 0.1) is 11.3 Å². The molecular weight excluding hydrogens is 436 g/mol. The third-order valence-electron chi connectivity index (χ3n) is 4.91. The van der Waals surface area contributed by atoms with Gasteiger partial charge in [0.25, 0.3) is 0 Å². The van der Waals surface area contributed by atoms with Crippen molar-refractivity contribution in [2.75, 3.05) is 6.61 Å². The van der Waals surface area contributed by atoms with Crippen LogP contribution < -0.4 is 4.74 Å². The van der Waals surface area contributed by atoms with Gasteiger partial charge in [0.2, 0.25) is 0 Å². The minimum Gasteiger partial charge on any atom is -0.494 e. The van der Waals surface area contributed by atoms with Crippen LogP contribution in [-0.2, 0) is 6.42 Å². The van der Waals surface area contributed by atoms with Gasteiger partial charge in [0, 0.05) is 16.0 Å². The molecule has 5 heteroatoms. The predicted molar refractivity (Wildman–Crippen MR) is 133 cm³/mol. The van der Waals surface area contributed by atoms with Crippen LogP contribution in [0.1, 0.15) is 22.6 Å². The van der Waals surface area contributed by atoms with Gasteiger partial charge in [0.15, 0.2) is 0 Å². The van der Waals surface area contributed by atoms with Crippen molar-refractivity contribution in [3.8, 4) is 23.1 Å². The maximum absolute atomic E-state index is 9.66. The fourth-order valence-electron chi connectivity index (χ4n) is 3.23. The molecule has 0 unspecified atom stereocenters. The van der Waals surface area contributed by atoms with E-state index in [-0.39, 0.29) is 0 Å². The molecule has 0 N–H and O–H groups in total. The number of thiazole rings is 1. The van der Waals surface area contributed by atoms with Crippen LogP contribution in [0.5, 0.6) is 5.75 Å². The van der Waals surface area contributed by atoms with Gasteiger partial charge >= 0.3 is 0 Å². The average Bonchev–Trinajstić information content (AvgIpc) is 3.32. The lowest BCUT2D eigenvalue weighted by Gasteiger charge is -2.06. The summed E-state index contributed by atoms with van der Waals surface area (Å²) in [5.41, 5.74) is 4.60. The standard InChI is InChI=1S/C27H21ClN2OS/c28-24-12-10-22(11-13-24)26-19-32-27(30-26)23(18-29)17-21-8-14-25(15-9-21)31-16-4-7-20-5-2-1-3-6-20/h1-3,5-6,8-15,17,19H,4,7,16H2/b23-17-. The predicted octanol–water partition coefficient (Wildman–Crippen LogP) is 7.54. The van der Waals surface area contributed by atoms with E-state index in [0.717, 1.165) is 35.4 Å². The Morgan fingerprint density at radius 1 is 1.00 bits per heavy atom. The Morgan fingerprint density at radius 2 is 1.75 bits per heavy atom. The molecule has 0 spiro atoms. The molecule has 0 saturated carbocycles. The van der Waals surface area contributed by atoms with Crippen LogP contribution in [0.4, 0.5) is 0 Å². The van der Waals surface area contributed by atoms with Crippen LogP contribution >= 0.6 is 22.9 Å². The van der Waals surface area contributed by atoms with Crippen LogP contribution in [0.3, 0.4) is 0 Å². The highest BCUT2D eigenvalue weighted by Gasteiger charge is 2.09. The Kier molecular flexibility index (Phi) is 7.34. The Morgan fingerprint density at radius 3 is 2.47 bits per heavy atom. The van der Waals surface area contributed by atoms with Crippen molar-refractivity contribution in [3.05, 3.63) is 105 Å². The molecule has 3 aromatic carbocycles. The molecule has 1 heterocycles. The summed E-state index contributed by atoms with van der Waals surface area (Å²) < 4.78 is 5.85. The molecule has 0 fully saturated rings. The number of hydrogen-bond donors (Lipinski definition) is 0. The number of nitriles is 1. The molecule has 32 heavy (non-hydrogen) atoms. The first-order chi connectivity index (χ1) is 15.7. The first kappa shape index (κ1) is 21.8. The van der Waals surface area contributed by atoms with Gasteiger partial charge in [-0.2, -0.15) is 5.26 Å². The topological polar surface area (TPSA) is 45.9 Å². The van der Waals surface area contributed by atoms with Gasteiger partial charge in [0.05, 0.1) is 17.9 Å². The summed E-state index contributed by atoms with van der Waals surface area (Å²) in [5.74, 6) is 0.827. The van der Waals surface area contributed by atoms with Crippen LogP contribution in [0.25, 0.3) is 22.9 Å². The van der Waals surface area contributed by atoms with Gasteiger partial charge in [-0.25, -0.2) is 4.98 Å². The first-order valence-corrected chi connectivity index (χ1v) is 11.6. The monoisotopic (exact) mass is 456 g/mol. The summed E-state index contributed by atoms with van der Waals surface area (Å²) in [6.45, 7) is 0.667. The second kappa shape index (κ2) is 10.8. The lowest BCUT2D eigenvalue weighted by molar-refractivity contribution is 0.311. The maximum atomic E-state index is 9.66. The Labute approximate surface area is 197 Å². The molecule has 0 aliphatic rings. The van der Waals surface area contributed by atoms with Crippen LogP contribution in [0.15, 0.2) is 84.2 Å². The van der Waals surface area contributed by atoms with E-state index in [2.05, 4.69) is 35.3 Å². The minimum absolute atomic E-state index is 0.534. The second-order valence-electron chi connectivity index (χ2n) is 7.22. The van der Waals surface area contributed by atoms with Gasteiger partial charge in [0.1, 0.15) is 16.8 Å². The zero-order chi connectivity index (χ0) is 22.2. The highest BCUT2D eigenvalue weighted by molar-refractivity contribution is 7.11. The highest BCUT2D eigenvalue weighted by Crippen LogP contribution is 2.28. The number of aryl methyl sites for hydroxylation is 1. The lowest BCUT2D eigenvalue weighted by atomic mass is 10.1. The fraction of sp³-hybridized carbons (Fsp3) is 0.111.